The van der Waals surface area contributed by atoms with Crippen molar-refractivity contribution < 1.29 is 4.42 Å². The van der Waals surface area contributed by atoms with E-state index in [0.29, 0.717) is 11.6 Å². The van der Waals surface area contributed by atoms with E-state index >= 15 is 0 Å². The Morgan fingerprint density at radius 1 is 0.562 bits per heavy atom. The van der Waals surface area contributed by atoms with Gasteiger partial charge >= 0.3 is 0 Å². The fraction of sp³-hybridized carbons (Fsp3) is 0.0465. The van der Waals surface area contributed by atoms with Crippen molar-refractivity contribution in [3.8, 4) is 28.5 Å². The zero-order valence-electron chi connectivity index (χ0n) is 25.9. The number of nitrogens with zero attached hydrogens (tertiary/aromatic N) is 4. The third kappa shape index (κ3) is 4.21. The zero-order chi connectivity index (χ0) is 31.6. The van der Waals surface area contributed by atoms with Crippen LogP contribution in [-0.4, -0.2) is 19.5 Å². The van der Waals surface area contributed by atoms with E-state index in [9.17, 15) is 0 Å². The van der Waals surface area contributed by atoms with Gasteiger partial charge in [0.15, 0.2) is 11.6 Å². The van der Waals surface area contributed by atoms with Gasteiger partial charge in [-0.25, -0.2) is 15.0 Å². The van der Waals surface area contributed by atoms with Crippen molar-refractivity contribution in [2.75, 3.05) is 0 Å². The van der Waals surface area contributed by atoms with Crippen molar-refractivity contribution >= 4 is 54.5 Å². The van der Waals surface area contributed by atoms with Crippen LogP contribution in [0.3, 0.4) is 0 Å². The molecule has 0 bridgehead atoms. The maximum atomic E-state index is 6.62. The summed E-state index contributed by atoms with van der Waals surface area (Å²) >= 11 is 0. The number of benzene rings is 6. The van der Waals surface area contributed by atoms with Gasteiger partial charge in [0, 0.05) is 55.7 Å². The highest BCUT2D eigenvalue weighted by atomic mass is 16.3. The fourth-order valence-corrected chi connectivity index (χ4v) is 7.22. The summed E-state index contributed by atoms with van der Waals surface area (Å²) in [6, 6.07) is 44.6. The standard InChI is InChI=1S/C43H28N4O/c1-3-12-28(13-4-1)41-44-42(29-14-5-2-6-15-29)46-43(45-41)30-20-22-34-35-24-21-31(26-39(35)48-38(34)25-30)47-37-18-10-9-17-33(37)36-23-19-27-11-7-8-16-32(27)40(36)47/h1-14,16-26,29H,15H2. The molecule has 6 aromatic carbocycles. The largest absolute Gasteiger partial charge is 0.456 e. The normalized spacial score (nSPS) is 14.6. The van der Waals surface area contributed by atoms with Gasteiger partial charge in [-0.05, 0) is 42.1 Å². The lowest BCUT2D eigenvalue weighted by Crippen LogP contribution is -2.07. The molecule has 0 N–H and O–H groups in total. The van der Waals surface area contributed by atoms with E-state index in [1.54, 1.807) is 0 Å². The predicted octanol–water partition coefficient (Wildman–Crippen LogP) is 11.0. The molecule has 1 aliphatic carbocycles. The summed E-state index contributed by atoms with van der Waals surface area (Å²) in [5, 5.41) is 7.06. The summed E-state index contributed by atoms with van der Waals surface area (Å²) in [7, 11) is 0. The van der Waals surface area contributed by atoms with Gasteiger partial charge in [-0.2, -0.15) is 0 Å². The Hall–Kier alpha value is -6.33. The molecule has 226 valence electrons. The van der Waals surface area contributed by atoms with E-state index in [1.165, 1.54) is 32.6 Å². The van der Waals surface area contributed by atoms with Crippen LogP contribution in [0.25, 0.3) is 83.0 Å². The Bertz CT molecular complexity index is 2770. The van der Waals surface area contributed by atoms with Gasteiger partial charge < -0.3 is 8.98 Å². The van der Waals surface area contributed by atoms with E-state index in [4.69, 9.17) is 19.4 Å². The lowest BCUT2D eigenvalue weighted by atomic mass is 10.00. The molecule has 0 saturated heterocycles. The number of hydrogen-bond acceptors (Lipinski definition) is 4. The molecule has 0 aliphatic heterocycles. The van der Waals surface area contributed by atoms with Crippen LogP contribution in [0, 0.1) is 0 Å². The predicted molar refractivity (Wildman–Crippen MR) is 195 cm³/mol. The van der Waals surface area contributed by atoms with Crippen LogP contribution in [0.15, 0.2) is 156 Å². The van der Waals surface area contributed by atoms with Gasteiger partial charge in [-0.1, -0.05) is 115 Å². The number of aromatic nitrogens is 4. The molecule has 0 fully saturated rings. The summed E-state index contributed by atoms with van der Waals surface area (Å²) in [5.41, 5.74) is 6.94. The van der Waals surface area contributed by atoms with E-state index in [0.717, 1.165) is 51.0 Å². The average Bonchev–Trinajstić information content (AvgIpc) is 3.70. The molecule has 1 unspecified atom stereocenters. The average molecular weight is 617 g/mol. The summed E-state index contributed by atoms with van der Waals surface area (Å²) in [4.78, 5) is 14.9. The van der Waals surface area contributed by atoms with Gasteiger partial charge in [0.1, 0.15) is 17.0 Å². The Morgan fingerprint density at radius 3 is 2.15 bits per heavy atom. The van der Waals surface area contributed by atoms with Crippen molar-refractivity contribution in [2.45, 2.75) is 12.3 Å². The number of para-hydroxylation sites is 1. The first kappa shape index (κ1) is 26.8. The quantitative estimate of drug-likeness (QED) is 0.197. The molecule has 3 aromatic heterocycles. The van der Waals surface area contributed by atoms with Crippen LogP contribution in [0.2, 0.25) is 0 Å². The van der Waals surface area contributed by atoms with Crippen LogP contribution < -0.4 is 0 Å². The minimum absolute atomic E-state index is 0.102. The van der Waals surface area contributed by atoms with Gasteiger partial charge in [0.2, 0.25) is 0 Å². The molecule has 10 rings (SSSR count). The molecule has 0 saturated carbocycles. The topological polar surface area (TPSA) is 56.7 Å². The van der Waals surface area contributed by atoms with Crippen molar-refractivity contribution in [3.05, 3.63) is 158 Å². The Balaban J connectivity index is 1.13. The molecule has 9 aromatic rings. The fourth-order valence-electron chi connectivity index (χ4n) is 7.22. The lowest BCUT2D eigenvalue weighted by Gasteiger charge is -2.14. The molecule has 0 radical (unpaired) electrons. The summed E-state index contributed by atoms with van der Waals surface area (Å²) < 4.78 is 8.99. The molecule has 5 nitrogen and oxygen atoms in total. The molecule has 48 heavy (non-hydrogen) atoms. The van der Waals surface area contributed by atoms with E-state index in [1.807, 2.05) is 30.3 Å². The third-order valence-corrected chi connectivity index (χ3v) is 9.53. The van der Waals surface area contributed by atoms with Crippen LogP contribution >= 0.6 is 0 Å². The van der Waals surface area contributed by atoms with Crippen molar-refractivity contribution in [3.63, 3.8) is 0 Å². The Morgan fingerprint density at radius 2 is 1.29 bits per heavy atom. The number of allylic oxidation sites excluding steroid dienone is 4. The van der Waals surface area contributed by atoms with E-state index < -0.39 is 0 Å². The second-order valence-corrected chi connectivity index (χ2v) is 12.4. The number of furan rings is 1. The minimum Gasteiger partial charge on any atom is -0.456 e. The maximum absolute atomic E-state index is 6.62. The minimum atomic E-state index is 0.102. The van der Waals surface area contributed by atoms with Crippen LogP contribution in [0.5, 0.6) is 0 Å². The van der Waals surface area contributed by atoms with E-state index in [2.05, 4.69) is 126 Å². The van der Waals surface area contributed by atoms with Crippen molar-refractivity contribution in [2.24, 2.45) is 0 Å². The number of fused-ring (bicyclic) bond motifs is 8. The van der Waals surface area contributed by atoms with E-state index in [-0.39, 0.29) is 5.92 Å². The first-order valence-corrected chi connectivity index (χ1v) is 16.3. The SMILES string of the molecule is C1=CCC(c2nc(-c3ccccc3)nc(-c3ccc4c(c3)oc3cc(-n5c6ccccc6c6ccc7ccccc7c65)ccc34)n2)C=C1. The monoisotopic (exact) mass is 616 g/mol. The Kier molecular flexibility index (Phi) is 5.93. The van der Waals surface area contributed by atoms with Gasteiger partial charge in [0.05, 0.1) is 11.0 Å². The number of hydrogen-bond donors (Lipinski definition) is 0. The van der Waals surface area contributed by atoms with Gasteiger partial charge in [0.25, 0.3) is 0 Å². The molecular weight excluding hydrogens is 589 g/mol. The second kappa shape index (κ2) is 10.6. The summed E-state index contributed by atoms with van der Waals surface area (Å²) in [5.74, 6) is 2.19. The zero-order valence-corrected chi connectivity index (χ0v) is 25.9. The molecule has 0 amide bonds. The highest BCUT2D eigenvalue weighted by molar-refractivity contribution is 6.18. The molecule has 0 spiro atoms. The highest BCUT2D eigenvalue weighted by Gasteiger charge is 2.19. The molecule has 1 atom stereocenters. The summed E-state index contributed by atoms with van der Waals surface area (Å²) in [6.07, 6.45) is 9.32. The van der Waals surface area contributed by atoms with Gasteiger partial charge in [-0.3, -0.25) is 0 Å². The van der Waals surface area contributed by atoms with Crippen molar-refractivity contribution in [1.29, 1.82) is 0 Å². The first-order chi connectivity index (χ1) is 23.8. The Labute approximate surface area is 276 Å². The van der Waals surface area contributed by atoms with Crippen LogP contribution in [0.4, 0.5) is 0 Å². The maximum Gasteiger partial charge on any atom is 0.163 e. The number of rotatable bonds is 4. The molecular formula is C43H28N4O. The van der Waals surface area contributed by atoms with Crippen LogP contribution in [0.1, 0.15) is 18.2 Å². The smallest absolute Gasteiger partial charge is 0.163 e. The summed E-state index contributed by atoms with van der Waals surface area (Å²) in [6.45, 7) is 0. The lowest BCUT2D eigenvalue weighted by molar-refractivity contribution is 0.668. The molecule has 3 heterocycles. The van der Waals surface area contributed by atoms with Crippen molar-refractivity contribution in [1.82, 2.24) is 19.5 Å². The highest BCUT2D eigenvalue weighted by Crippen LogP contribution is 2.39. The van der Waals surface area contributed by atoms with Crippen LogP contribution in [-0.2, 0) is 0 Å². The third-order valence-electron chi connectivity index (χ3n) is 9.53. The second-order valence-electron chi connectivity index (χ2n) is 12.4. The molecule has 5 heteroatoms. The molecule has 1 aliphatic rings. The van der Waals surface area contributed by atoms with Gasteiger partial charge in [-0.15, -0.1) is 0 Å². The first-order valence-electron chi connectivity index (χ1n) is 16.3.